The first-order valence-electron chi connectivity index (χ1n) is 10.3. The van der Waals surface area contributed by atoms with E-state index in [-0.39, 0.29) is 5.97 Å². The topological polar surface area (TPSA) is 46.5 Å². The predicted octanol–water partition coefficient (Wildman–Crippen LogP) is 5.46. The molecule has 3 aromatic rings. The van der Waals surface area contributed by atoms with Crippen molar-refractivity contribution in [3.05, 3.63) is 108 Å². The number of esters is 1. The van der Waals surface area contributed by atoms with Crippen LogP contribution in [-0.4, -0.2) is 17.2 Å². The normalized spacial score (nSPS) is 22.6. The van der Waals surface area contributed by atoms with E-state index in [4.69, 9.17) is 4.74 Å². The van der Waals surface area contributed by atoms with Gasteiger partial charge in [-0.3, -0.25) is 0 Å². The molecular formula is C26H26O3. The molecule has 0 unspecified atom stereocenters. The Morgan fingerprint density at radius 3 is 2.07 bits per heavy atom. The van der Waals surface area contributed by atoms with Crippen LogP contribution in [0.2, 0.25) is 0 Å². The summed E-state index contributed by atoms with van der Waals surface area (Å²) in [6.07, 6.45) is 2.25. The van der Waals surface area contributed by atoms with Gasteiger partial charge in [-0.2, -0.15) is 0 Å². The first-order valence-corrected chi connectivity index (χ1v) is 10.3. The molecule has 0 spiro atoms. The van der Waals surface area contributed by atoms with Gasteiger partial charge in [-0.05, 0) is 36.1 Å². The van der Waals surface area contributed by atoms with Crippen molar-refractivity contribution in [1.29, 1.82) is 0 Å². The van der Waals surface area contributed by atoms with Gasteiger partial charge in [-0.1, -0.05) is 91.7 Å². The molecule has 29 heavy (non-hydrogen) atoms. The van der Waals surface area contributed by atoms with E-state index in [1.165, 1.54) is 0 Å². The number of benzene rings is 3. The summed E-state index contributed by atoms with van der Waals surface area (Å²) < 4.78 is 6.19. The van der Waals surface area contributed by atoms with Crippen LogP contribution in [0, 0.1) is 0 Å². The number of aliphatic hydroxyl groups excluding tert-OH is 1. The Morgan fingerprint density at radius 2 is 1.45 bits per heavy atom. The molecule has 1 N–H and O–H groups in total. The highest BCUT2D eigenvalue weighted by atomic mass is 16.5. The molecule has 0 bridgehead atoms. The lowest BCUT2D eigenvalue weighted by molar-refractivity contribution is -0.0582. The zero-order chi connectivity index (χ0) is 20.1. The summed E-state index contributed by atoms with van der Waals surface area (Å²) in [7, 11) is 0. The first-order chi connectivity index (χ1) is 14.2. The van der Waals surface area contributed by atoms with Crippen molar-refractivity contribution in [2.24, 2.45) is 0 Å². The molecule has 0 aliphatic heterocycles. The van der Waals surface area contributed by atoms with Crippen molar-refractivity contribution in [2.75, 3.05) is 0 Å². The molecule has 3 nitrogen and oxygen atoms in total. The average Bonchev–Trinajstić information content (AvgIpc) is 2.80. The maximum atomic E-state index is 13.0. The van der Waals surface area contributed by atoms with Gasteiger partial charge in [0.15, 0.2) is 0 Å². The number of hydrogen-bond acceptors (Lipinski definition) is 3. The van der Waals surface area contributed by atoms with Crippen LogP contribution >= 0.6 is 0 Å². The molecule has 3 heteroatoms. The quantitative estimate of drug-likeness (QED) is 0.593. The summed E-state index contributed by atoms with van der Waals surface area (Å²) in [5.41, 5.74) is 1.76. The Bertz CT molecular complexity index is 924. The van der Waals surface area contributed by atoms with Gasteiger partial charge >= 0.3 is 5.97 Å². The Kier molecular flexibility index (Phi) is 5.77. The molecule has 1 aliphatic rings. The smallest absolute Gasteiger partial charge is 0.338 e. The maximum absolute atomic E-state index is 13.0. The number of hydrogen-bond donors (Lipinski definition) is 1. The Balaban J connectivity index is 1.82. The van der Waals surface area contributed by atoms with E-state index >= 15 is 0 Å². The third kappa shape index (κ3) is 3.83. The molecule has 1 fully saturated rings. The Morgan fingerprint density at radius 1 is 0.862 bits per heavy atom. The Labute approximate surface area is 172 Å². The monoisotopic (exact) mass is 386 g/mol. The molecule has 4 rings (SSSR count). The van der Waals surface area contributed by atoms with Gasteiger partial charge in [-0.15, -0.1) is 0 Å². The Hall–Kier alpha value is -2.91. The van der Waals surface area contributed by atoms with Crippen LogP contribution in [0.1, 0.15) is 53.3 Å². The number of carbonyl (C=O) groups is 1. The third-order valence-corrected chi connectivity index (χ3v) is 6.03. The lowest BCUT2D eigenvalue weighted by Gasteiger charge is -2.47. The minimum Gasteiger partial charge on any atom is -0.453 e. The molecule has 3 atom stereocenters. The minimum absolute atomic E-state index is 0.368. The minimum atomic E-state index is -0.675. The summed E-state index contributed by atoms with van der Waals surface area (Å²) in [6.45, 7) is 0. The second kappa shape index (κ2) is 8.62. The van der Waals surface area contributed by atoms with Crippen molar-refractivity contribution in [3.8, 4) is 0 Å². The fraction of sp³-hybridized carbons (Fsp3) is 0.269. The second-order valence-electron chi connectivity index (χ2n) is 7.73. The lowest BCUT2D eigenvalue weighted by atomic mass is 9.62. The van der Waals surface area contributed by atoms with Gasteiger partial charge in [0.05, 0.1) is 17.1 Å². The molecule has 148 valence electrons. The van der Waals surface area contributed by atoms with Crippen LogP contribution in [0.3, 0.4) is 0 Å². The SMILES string of the molecule is O=C(O[C@@H](c1ccccc1)[C@]1(c2ccccc2)CCCC[C@@H]1O)c1ccccc1. The van der Waals surface area contributed by atoms with E-state index in [9.17, 15) is 9.90 Å². The van der Waals surface area contributed by atoms with Gasteiger partial charge in [-0.25, -0.2) is 4.79 Å². The molecular weight excluding hydrogens is 360 g/mol. The van der Waals surface area contributed by atoms with Crippen LogP contribution < -0.4 is 0 Å². The van der Waals surface area contributed by atoms with Crippen LogP contribution in [0.15, 0.2) is 91.0 Å². The summed E-state index contributed by atoms with van der Waals surface area (Å²) in [4.78, 5) is 13.0. The van der Waals surface area contributed by atoms with Crippen LogP contribution in [0.4, 0.5) is 0 Å². The third-order valence-electron chi connectivity index (χ3n) is 6.03. The van der Waals surface area contributed by atoms with E-state index < -0.39 is 17.6 Å². The van der Waals surface area contributed by atoms with Gasteiger partial charge in [0, 0.05) is 0 Å². The van der Waals surface area contributed by atoms with Crippen LogP contribution in [0.25, 0.3) is 0 Å². The summed E-state index contributed by atoms with van der Waals surface area (Å²) >= 11 is 0. The number of aliphatic hydroxyl groups is 1. The van der Waals surface area contributed by atoms with E-state index in [0.717, 1.165) is 30.4 Å². The van der Waals surface area contributed by atoms with Gasteiger partial charge < -0.3 is 9.84 Å². The van der Waals surface area contributed by atoms with Crippen molar-refractivity contribution in [2.45, 2.75) is 43.3 Å². The second-order valence-corrected chi connectivity index (χ2v) is 7.73. The zero-order valence-electron chi connectivity index (χ0n) is 16.4. The first kappa shape index (κ1) is 19.4. The van der Waals surface area contributed by atoms with E-state index in [1.807, 2.05) is 78.9 Å². The molecule has 0 amide bonds. The van der Waals surface area contributed by atoms with E-state index in [0.29, 0.717) is 12.0 Å². The van der Waals surface area contributed by atoms with Gasteiger partial charge in [0.1, 0.15) is 6.10 Å². The van der Waals surface area contributed by atoms with E-state index in [2.05, 4.69) is 0 Å². The molecule has 3 aromatic carbocycles. The summed E-state index contributed by atoms with van der Waals surface area (Å²) in [6, 6.07) is 28.9. The molecule has 0 saturated heterocycles. The molecule has 1 saturated carbocycles. The van der Waals surface area contributed by atoms with Gasteiger partial charge in [0.25, 0.3) is 0 Å². The van der Waals surface area contributed by atoms with E-state index in [1.54, 1.807) is 12.1 Å². The summed E-state index contributed by atoms with van der Waals surface area (Å²) in [5, 5.41) is 11.3. The summed E-state index contributed by atoms with van der Waals surface area (Å²) in [5.74, 6) is -0.368. The maximum Gasteiger partial charge on any atom is 0.338 e. The number of ether oxygens (including phenoxy) is 1. The highest BCUT2D eigenvalue weighted by molar-refractivity contribution is 5.89. The largest absolute Gasteiger partial charge is 0.453 e. The highest BCUT2D eigenvalue weighted by Crippen LogP contribution is 2.50. The number of rotatable bonds is 5. The molecule has 0 radical (unpaired) electrons. The predicted molar refractivity (Wildman–Crippen MR) is 114 cm³/mol. The van der Waals surface area contributed by atoms with Crippen LogP contribution in [0.5, 0.6) is 0 Å². The van der Waals surface area contributed by atoms with Crippen molar-refractivity contribution in [1.82, 2.24) is 0 Å². The fourth-order valence-electron chi connectivity index (χ4n) is 4.57. The molecule has 0 aromatic heterocycles. The number of carbonyl (C=O) groups excluding carboxylic acids is 1. The molecule has 1 aliphatic carbocycles. The standard InChI is InChI=1S/C26H26O3/c27-23-18-10-11-19-26(23,22-16-8-3-9-17-22)24(20-12-4-1-5-13-20)29-25(28)21-14-6-2-7-15-21/h1-9,12-17,23-24,27H,10-11,18-19H2/t23-,24-,26-/m0/s1. The zero-order valence-corrected chi connectivity index (χ0v) is 16.4. The fourth-order valence-corrected chi connectivity index (χ4v) is 4.57. The molecule has 0 heterocycles. The highest BCUT2D eigenvalue weighted by Gasteiger charge is 2.50. The van der Waals surface area contributed by atoms with Gasteiger partial charge in [0.2, 0.25) is 0 Å². The average molecular weight is 386 g/mol. The van der Waals surface area contributed by atoms with Crippen molar-refractivity contribution < 1.29 is 14.6 Å². The lowest BCUT2D eigenvalue weighted by Crippen LogP contribution is -2.48. The van der Waals surface area contributed by atoms with Crippen molar-refractivity contribution >= 4 is 5.97 Å². The van der Waals surface area contributed by atoms with Crippen molar-refractivity contribution in [3.63, 3.8) is 0 Å². The van der Waals surface area contributed by atoms with Crippen LogP contribution in [-0.2, 0) is 10.2 Å².